The maximum atomic E-state index is 4.63. The van der Waals surface area contributed by atoms with Gasteiger partial charge in [0.1, 0.15) is 5.82 Å². The number of nitrogens with zero attached hydrogens (tertiary/aromatic N) is 1. The Labute approximate surface area is 103 Å². The molecule has 0 saturated heterocycles. The van der Waals surface area contributed by atoms with Gasteiger partial charge in [0, 0.05) is 10.9 Å². The average molecular weight is 228 g/mol. The van der Waals surface area contributed by atoms with Gasteiger partial charge in [0.15, 0.2) is 0 Å². The molecule has 2 rings (SSSR count). The highest BCUT2D eigenvalue weighted by Gasteiger charge is 2.16. The summed E-state index contributed by atoms with van der Waals surface area (Å²) >= 11 is 0. The Kier molecular flexibility index (Phi) is 3.32. The normalized spacial score (nSPS) is 11.7. The van der Waals surface area contributed by atoms with Crippen molar-refractivity contribution in [2.75, 3.05) is 5.32 Å². The summed E-state index contributed by atoms with van der Waals surface area (Å²) in [6.45, 7) is 6.64. The Morgan fingerprint density at radius 3 is 2.65 bits per heavy atom. The first-order valence-electron chi connectivity index (χ1n) is 6.25. The second-order valence-corrected chi connectivity index (χ2v) is 5.15. The topological polar surface area (TPSA) is 24.9 Å². The van der Waals surface area contributed by atoms with E-state index in [1.54, 1.807) is 0 Å². The van der Waals surface area contributed by atoms with Crippen LogP contribution in [-0.2, 0) is 0 Å². The van der Waals surface area contributed by atoms with E-state index < -0.39 is 0 Å². The zero-order valence-electron chi connectivity index (χ0n) is 10.8. The minimum absolute atomic E-state index is 0.101. The molecule has 0 spiro atoms. The molecule has 0 aliphatic heterocycles. The third-order valence-corrected chi connectivity index (χ3v) is 2.94. The van der Waals surface area contributed by atoms with Crippen LogP contribution in [0.5, 0.6) is 0 Å². The van der Waals surface area contributed by atoms with Crippen molar-refractivity contribution in [2.45, 2.75) is 39.2 Å². The summed E-state index contributed by atoms with van der Waals surface area (Å²) in [5.41, 5.74) is 1.15. The van der Waals surface area contributed by atoms with Gasteiger partial charge in [-0.2, -0.15) is 0 Å². The van der Waals surface area contributed by atoms with Gasteiger partial charge in [0.25, 0.3) is 0 Å². The lowest BCUT2D eigenvalue weighted by Gasteiger charge is -2.26. The van der Waals surface area contributed by atoms with Crippen molar-refractivity contribution in [3.05, 3.63) is 36.4 Å². The molecule has 1 aromatic heterocycles. The van der Waals surface area contributed by atoms with Gasteiger partial charge in [0.2, 0.25) is 0 Å². The van der Waals surface area contributed by atoms with Crippen LogP contribution in [0.3, 0.4) is 0 Å². The van der Waals surface area contributed by atoms with E-state index >= 15 is 0 Å². The second-order valence-electron chi connectivity index (χ2n) is 5.15. The smallest absolute Gasteiger partial charge is 0.127 e. The number of hydrogen-bond acceptors (Lipinski definition) is 2. The molecule has 90 valence electrons. The number of nitrogens with one attached hydrogen (secondary N) is 1. The minimum Gasteiger partial charge on any atom is -0.365 e. The predicted molar refractivity (Wildman–Crippen MR) is 74.4 cm³/mol. The molecule has 0 atom stereocenters. The van der Waals surface area contributed by atoms with E-state index in [-0.39, 0.29) is 5.54 Å². The highest BCUT2D eigenvalue weighted by Crippen LogP contribution is 2.20. The fourth-order valence-corrected chi connectivity index (χ4v) is 2.17. The van der Waals surface area contributed by atoms with Gasteiger partial charge < -0.3 is 5.32 Å². The van der Waals surface area contributed by atoms with Gasteiger partial charge in [0.05, 0.1) is 5.52 Å². The highest BCUT2D eigenvalue weighted by molar-refractivity contribution is 5.80. The number of rotatable bonds is 4. The zero-order valence-corrected chi connectivity index (χ0v) is 10.8. The molecule has 2 heteroatoms. The van der Waals surface area contributed by atoms with E-state index in [9.17, 15) is 0 Å². The summed E-state index contributed by atoms with van der Waals surface area (Å²) in [6, 6.07) is 12.4. The van der Waals surface area contributed by atoms with E-state index in [2.05, 4.69) is 49.3 Å². The molecular weight excluding hydrogens is 208 g/mol. The van der Waals surface area contributed by atoms with Crippen LogP contribution in [0, 0.1) is 0 Å². The van der Waals surface area contributed by atoms with Crippen molar-refractivity contribution in [3.8, 4) is 0 Å². The third-order valence-electron chi connectivity index (χ3n) is 2.94. The van der Waals surface area contributed by atoms with Crippen molar-refractivity contribution < 1.29 is 0 Å². The maximum Gasteiger partial charge on any atom is 0.127 e. The fraction of sp³-hybridized carbons (Fsp3) is 0.400. The van der Waals surface area contributed by atoms with Crippen LogP contribution in [-0.4, -0.2) is 10.5 Å². The van der Waals surface area contributed by atoms with Crippen LogP contribution in [0.2, 0.25) is 0 Å². The van der Waals surface area contributed by atoms with Crippen molar-refractivity contribution in [3.63, 3.8) is 0 Å². The SMILES string of the molecule is CCCC(C)(C)Nc1ccc2ccccc2n1. The molecule has 1 heterocycles. The van der Waals surface area contributed by atoms with Crippen LogP contribution in [0.4, 0.5) is 5.82 Å². The molecule has 0 radical (unpaired) electrons. The Bertz CT molecular complexity index is 503. The molecule has 0 amide bonds. The van der Waals surface area contributed by atoms with Crippen LogP contribution >= 0.6 is 0 Å². The molecule has 17 heavy (non-hydrogen) atoms. The van der Waals surface area contributed by atoms with E-state index in [0.29, 0.717) is 0 Å². The fourth-order valence-electron chi connectivity index (χ4n) is 2.17. The van der Waals surface area contributed by atoms with Crippen LogP contribution in [0.25, 0.3) is 10.9 Å². The summed E-state index contributed by atoms with van der Waals surface area (Å²) in [7, 11) is 0. The van der Waals surface area contributed by atoms with E-state index in [4.69, 9.17) is 0 Å². The van der Waals surface area contributed by atoms with Crippen LogP contribution in [0.15, 0.2) is 36.4 Å². The first-order chi connectivity index (χ1) is 8.11. The van der Waals surface area contributed by atoms with Gasteiger partial charge in [-0.1, -0.05) is 31.5 Å². The average Bonchev–Trinajstić information content (AvgIpc) is 2.28. The standard InChI is InChI=1S/C15H20N2/c1-4-11-15(2,3)17-14-10-9-12-7-5-6-8-13(12)16-14/h5-10H,4,11H2,1-3H3,(H,16,17). The van der Waals surface area contributed by atoms with Crippen molar-refractivity contribution in [2.24, 2.45) is 0 Å². The molecule has 2 aromatic rings. The molecule has 0 saturated carbocycles. The van der Waals surface area contributed by atoms with Gasteiger partial charge in [-0.3, -0.25) is 0 Å². The van der Waals surface area contributed by atoms with Gasteiger partial charge >= 0.3 is 0 Å². The van der Waals surface area contributed by atoms with Crippen molar-refractivity contribution >= 4 is 16.7 Å². The van der Waals surface area contributed by atoms with Crippen molar-refractivity contribution in [1.29, 1.82) is 0 Å². The summed E-state index contributed by atoms with van der Waals surface area (Å²) in [4.78, 5) is 4.63. The number of hydrogen-bond donors (Lipinski definition) is 1. The Morgan fingerprint density at radius 1 is 1.12 bits per heavy atom. The molecule has 1 aromatic carbocycles. The number of anilines is 1. The van der Waals surface area contributed by atoms with Gasteiger partial charge in [-0.05, 0) is 38.5 Å². The van der Waals surface area contributed by atoms with Crippen LogP contribution in [0.1, 0.15) is 33.6 Å². The summed E-state index contributed by atoms with van der Waals surface area (Å²) in [5.74, 6) is 0.960. The summed E-state index contributed by atoms with van der Waals surface area (Å²) < 4.78 is 0. The quantitative estimate of drug-likeness (QED) is 0.847. The molecule has 0 aliphatic carbocycles. The summed E-state index contributed by atoms with van der Waals surface area (Å²) in [6.07, 6.45) is 2.31. The third kappa shape index (κ3) is 2.96. The molecule has 0 fully saturated rings. The molecular formula is C15H20N2. The van der Waals surface area contributed by atoms with E-state index in [1.807, 2.05) is 18.2 Å². The monoisotopic (exact) mass is 228 g/mol. The molecule has 0 bridgehead atoms. The molecule has 2 nitrogen and oxygen atoms in total. The number of fused-ring (bicyclic) bond motifs is 1. The lowest BCUT2D eigenvalue weighted by molar-refractivity contribution is 0.509. The Morgan fingerprint density at radius 2 is 1.88 bits per heavy atom. The minimum atomic E-state index is 0.101. The van der Waals surface area contributed by atoms with E-state index in [1.165, 1.54) is 11.8 Å². The Hall–Kier alpha value is -1.57. The largest absolute Gasteiger partial charge is 0.365 e. The lowest BCUT2D eigenvalue weighted by atomic mass is 9.99. The molecule has 0 aliphatic rings. The summed E-state index contributed by atoms with van der Waals surface area (Å²) in [5, 5.41) is 4.69. The predicted octanol–water partition coefficient (Wildman–Crippen LogP) is 4.23. The first kappa shape index (κ1) is 11.9. The zero-order chi connectivity index (χ0) is 12.3. The lowest BCUT2D eigenvalue weighted by Crippen LogP contribution is -2.30. The number of aromatic nitrogens is 1. The Balaban J connectivity index is 2.25. The second kappa shape index (κ2) is 4.74. The van der Waals surface area contributed by atoms with Gasteiger partial charge in [-0.25, -0.2) is 4.98 Å². The van der Waals surface area contributed by atoms with Crippen LogP contribution < -0.4 is 5.32 Å². The molecule has 1 N–H and O–H groups in total. The first-order valence-corrected chi connectivity index (χ1v) is 6.25. The highest BCUT2D eigenvalue weighted by atomic mass is 15.0. The molecule has 0 unspecified atom stereocenters. The van der Waals surface area contributed by atoms with Crippen molar-refractivity contribution in [1.82, 2.24) is 4.98 Å². The number of pyridine rings is 1. The van der Waals surface area contributed by atoms with Gasteiger partial charge in [-0.15, -0.1) is 0 Å². The number of para-hydroxylation sites is 1. The van der Waals surface area contributed by atoms with E-state index in [0.717, 1.165) is 17.8 Å². The number of benzene rings is 1. The maximum absolute atomic E-state index is 4.63.